The van der Waals surface area contributed by atoms with Crippen molar-refractivity contribution >= 4 is 24.2 Å². The third kappa shape index (κ3) is 19.3. The van der Waals surface area contributed by atoms with Crippen molar-refractivity contribution in [2.24, 2.45) is 0 Å². The summed E-state index contributed by atoms with van der Waals surface area (Å²) in [5, 5.41) is 0.210. The summed E-state index contributed by atoms with van der Waals surface area (Å²) in [6.07, 6.45) is 5.32. The van der Waals surface area contributed by atoms with Crippen LogP contribution in [0.2, 0.25) is 5.28 Å². The van der Waals surface area contributed by atoms with Gasteiger partial charge in [0.05, 0.1) is 11.2 Å². The van der Waals surface area contributed by atoms with Crippen LogP contribution in [0, 0.1) is 23.3 Å². The Morgan fingerprint density at radius 2 is 0.538 bits per heavy atom. The van der Waals surface area contributed by atoms with Gasteiger partial charge >= 0.3 is 7.12 Å². The molecule has 0 amide bonds. The van der Waals surface area contributed by atoms with Crippen molar-refractivity contribution in [2.45, 2.75) is 248 Å². The number of hydrogen-bond donors (Lipinski definition) is 0. The van der Waals surface area contributed by atoms with Crippen molar-refractivity contribution in [1.29, 1.82) is 0 Å². The molecule has 0 atom stereocenters. The Morgan fingerprint density at radius 1 is 0.292 bits per heavy atom. The molecule has 0 N–H and O–H groups in total. The molecule has 0 radical (unpaired) electrons. The minimum atomic E-state index is -0.626. The Morgan fingerprint density at radius 3 is 0.811 bits per heavy atom. The molecule has 11 rings (SSSR count). The molecule has 0 spiro atoms. The fourth-order valence-corrected chi connectivity index (χ4v) is 11.9. The van der Waals surface area contributed by atoms with Crippen molar-refractivity contribution in [3.05, 3.63) is 219 Å². The lowest BCUT2D eigenvalue weighted by atomic mass is 9.78. The van der Waals surface area contributed by atoms with Crippen LogP contribution in [0.25, 0.3) is 79.2 Å². The Balaban J connectivity index is 0.000000196. The lowest BCUT2D eigenvalue weighted by Crippen LogP contribution is -2.41. The van der Waals surface area contributed by atoms with Crippen LogP contribution in [0.1, 0.15) is 238 Å². The first-order valence-electron chi connectivity index (χ1n) is 36.6. The lowest BCUT2D eigenvalue weighted by molar-refractivity contribution is 0.00578. The zero-order valence-corrected chi connectivity index (χ0v) is 68.5. The van der Waals surface area contributed by atoms with E-state index in [0.717, 1.165) is 22.3 Å². The first-order chi connectivity index (χ1) is 48.6. The largest absolute Gasteiger partial charge is 0.494 e. The number of benzene rings is 6. The Kier molecular flexibility index (Phi) is 22.9. The van der Waals surface area contributed by atoms with Gasteiger partial charge in [-0.15, -0.1) is 0 Å². The molecule has 10 nitrogen and oxygen atoms in total. The normalized spacial score (nSPS) is 14.3. The van der Waals surface area contributed by atoms with E-state index in [4.69, 9.17) is 40.8 Å². The quantitative estimate of drug-likeness (QED) is 0.107. The van der Waals surface area contributed by atoms with Crippen molar-refractivity contribution in [2.75, 3.05) is 0 Å². The third-order valence-corrected chi connectivity index (χ3v) is 20.0. The molecule has 0 bridgehead atoms. The lowest BCUT2D eigenvalue weighted by Gasteiger charge is -2.32. The van der Waals surface area contributed by atoms with Crippen LogP contribution < -0.4 is 5.46 Å². The molecular formula is C90H108BClF4N8O2. The summed E-state index contributed by atoms with van der Waals surface area (Å²) in [4.78, 5) is 37.2. The van der Waals surface area contributed by atoms with Crippen molar-refractivity contribution in [3.8, 4) is 79.2 Å². The zero-order valence-electron chi connectivity index (χ0n) is 67.7. The highest BCUT2D eigenvalue weighted by molar-refractivity contribution is 6.62. The van der Waals surface area contributed by atoms with E-state index in [-0.39, 0.29) is 70.9 Å². The second-order valence-electron chi connectivity index (χ2n) is 37.5. The zero-order chi connectivity index (χ0) is 78.8. The van der Waals surface area contributed by atoms with E-state index in [1.807, 2.05) is 27.7 Å². The Hall–Kier alpha value is -8.37. The van der Waals surface area contributed by atoms with Gasteiger partial charge in [-0.2, -0.15) is 9.97 Å². The number of hydrogen-bond acceptors (Lipinski definition) is 10. The topological polar surface area (TPSA) is 122 Å². The maximum atomic E-state index is 15.2. The molecule has 106 heavy (non-hydrogen) atoms. The molecule has 1 fully saturated rings. The summed E-state index contributed by atoms with van der Waals surface area (Å²) in [7, 11) is -0.626. The predicted molar refractivity (Wildman–Crippen MR) is 430 cm³/mol. The average molecular weight is 1460 g/mol. The minimum Gasteiger partial charge on any atom is -0.399 e. The monoisotopic (exact) mass is 1450 g/mol. The summed E-state index contributed by atoms with van der Waals surface area (Å²) in [6, 6.07) is 38.0. The van der Waals surface area contributed by atoms with E-state index in [1.54, 1.807) is 24.3 Å². The average Bonchev–Trinajstić information content (AvgIpc) is 1.67. The maximum absolute atomic E-state index is 15.2. The number of pyridine rings is 2. The van der Waals surface area contributed by atoms with E-state index in [9.17, 15) is 13.2 Å². The summed E-state index contributed by atoms with van der Waals surface area (Å²) < 4.78 is 70.1. The number of nitrogens with zero attached hydrogens (tertiary/aromatic N) is 8. The first-order valence-corrected chi connectivity index (χ1v) is 36.9. The standard InChI is InChI=1S/C42H48F2N4.C31H42ClN3.C17H18BF2NO2/c1-39(2,3)28-17-26(18-29(22-28)40(4,5)6)37-46-36(25-13-14-34(43)32(21-25)33-24-45-16-15-35(33)44)47-38(48-37)27-19-30(41(7,8)9)23-31(20-27)42(10,11)12;1-28(2,3)21-13-19(14-22(17-21)29(4,5)6)25-33-26(35-27(32)34-25)20-15-23(30(7,8)9)18-24(16-20)31(10,11)12;1-16(2)17(3,4)23-18(22-16)11-5-6-14(19)12(9-11)13-10-21-8-7-15(13)20/h13-24H,1-12H3;13-18H,1-12H3;5-10H,1-4H3. The van der Waals surface area contributed by atoms with Gasteiger partial charge in [0.1, 0.15) is 23.3 Å². The van der Waals surface area contributed by atoms with Gasteiger partial charge in [-0.25, -0.2) is 37.5 Å². The molecule has 4 aromatic heterocycles. The second kappa shape index (κ2) is 29.7. The smallest absolute Gasteiger partial charge is 0.399 e. The molecule has 1 aliphatic rings. The summed E-state index contributed by atoms with van der Waals surface area (Å²) in [6.45, 7) is 61.0. The molecule has 0 unspecified atom stereocenters. The summed E-state index contributed by atoms with van der Waals surface area (Å²) in [5.41, 5.74) is 13.6. The van der Waals surface area contributed by atoms with Gasteiger partial charge in [0.25, 0.3) is 0 Å². The number of aromatic nitrogens is 8. The van der Waals surface area contributed by atoms with Gasteiger partial charge in [-0.3, -0.25) is 9.97 Å². The van der Waals surface area contributed by atoms with Crippen LogP contribution in [-0.4, -0.2) is 58.2 Å². The number of rotatable bonds is 8. The van der Waals surface area contributed by atoms with Crippen LogP contribution in [-0.2, 0) is 52.6 Å². The van der Waals surface area contributed by atoms with E-state index in [1.165, 1.54) is 93.6 Å². The maximum Gasteiger partial charge on any atom is 0.494 e. The predicted octanol–water partition coefficient (Wildman–Crippen LogP) is 23.8. The Labute approximate surface area is 634 Å². The van der Waals surface area contributed by atoms with E-state index >= 15 is 4.39 Å². The van der Waals surface area contributed by atoms with Gasteiger partial charge < -0.3 is 9.31 Å². The molecule has 5 heterocycles. The molecular weight excluding hydrogens is 1350 g/mol. The highest BCUT2D eigenvalue weighted by Gasteiger charge is 2.52. The molecule has 1 saturated heterocycles. The van der Waals surface area contributed by atoms with Crippen LogP contribution >= 0.6 is 11.6 Å². The van der Waals surface area contributed by atoms with Crippen LogP contribution in [0.5, 0.6) is 0 Å². The SMILES string of the molecule is CC(C)(C)c1cc(-c2nc(-c3cc(C(C)(C)C)cc(C(C)(C)C)c3)nc(-c3ccc(F)c(-c4cnccc4F)c3)n2)cc(C(C)(C)C)c1.CC(C)(C)c1cc(-c2nc(Cl)nc(-c3cc(C(C)(C)C)cc(C(C)(C)C)c3)n2)cc(C(C)(C)C)c1.CC1(C)OB(c2ccc(F)c(-c3cnccc3F)c2)OC1(C)C. The molecule has 558 valence electrons. The summed E-state index contributed by atoms with van der Waals surface area (Å²) >= 11 is 6.51. The molecule has 0 aliphatic carbocycles. The van der Waals surface area contributed by atoms with Crippen LogP contribution in [0.3, 0.4) is 0 Å². The van der Waals surface area contributed by atoms with Gasteiger partial charge in [0.15, 0.2) is 29.1 Å². The number of halogens is 5. The van der Waals surface area contributed by atoms with E-state index < -0.39 is 41.6 Å². The van der Waals surface area contributed by atoms with E-state index in [2.05, 4.69) is 259 Å². The fraction of sp³-hybridized carbons (Fsp3) is 0.422. The molecule has 1 aliphatic heterocycles. The van der Waals surface area contributed by atoms with Crippen molar-refractivity contribution in [3.63, 3.8) is 0 Å². The highest BCUT2D eigenvalue weighted by Crippen LogP contribution is 2.42. The van der Waals surface area contributed by atoms with Crippen molar-refractivity contribution in [1.82, 2.24) is 39.9 Å². The molecule has 6 aromatic carbocycles. The van der Waals surface area contributed by atoms with Gasteiger partial charge in [0, 0.05) is 74.9 Å². The first kappa shape index (κ1) is 81.7. The minimum absolute atomic E-state index is 0.00167. The van der Waals surface area contributed by atoms with Crippen LogP contribution in [0.4, 0.5) is 17.6 Å². The second-order valence-corrected chi connectivity index (χ2v) is 37.8. The van der Waals surface area contributed by atoms with E-state index in [0.29, 0.717) is 40.1 Å². The molecule has 0 saturated carbocycles. The van der Waals surface area contributed by atoms with Gasteiger partial charge in [0.2, 0.25) is 5.28 Å². The Bertz CT molecular complexity index is 4570. The fourth-order valence-electron chi connectivity index (χ4n) is 11.8. The van der Waals surface area contributed by atoms with Crippen LogP contribution in [0.15, 0.2) is 146 Å². The van der Waals surface area contributed by atoms with Gasteiger partial charge in [-0.05, 0) is 218 Å². The highest BCUT2D eigenvalue weighted by atomic mass is 35.5. The van der Waals surface area contributed by atoms with Gasteiger partial charge in [-0.1, -0.05) is 203 Å². The van der Waals surface area contributed by atoms with Crippen molar-refractivity contribution < 1.29 is 26.9 Å². The third-order valence-electron chi connectivity index (χ3n) is 19.8. The summed E-state index contributed by atoms with van der Waals surface area (Å²) in [5.74, 6) is 0.470. The molecule has 16 heteroatoms. The molecule has 10 aromatic rings.